The van der Waals surface area contributed by atoms with E-state index in [0.29, 0.717) is 123 Å². The summed E-state index contributed by atoms with van der Waals surface area (Å²) in [5.41, 5.74) is 0. The smallest absolute Gasteiger partial charge is 0.0263 e. The predicted molar refractivity (Wildman–Crippen MR) is 211 cm³/mol. The Morgan fingerprint density at radius 1 is 0.408 bits per heavy atom. The van der Waals surface area contributed by atoms with Crippen molar-refractivity contribution in [1.82, 2.24) is 0 Å². The Morgan fingerprint density at radius 2 is 0.653 bits per heavy atom. The molecule has 6 aliphatic rings. The first-order chi connectivity index (χ1) is 23.5. The maximum atomic E-state index is 13.9. The van der Waals surface area contributed by atoms with Gasteiger partial charge in [0.2, 0.25) is 0 Å². The minimum atomic E-state index is -0.965. The van der Waals surface area contributed by atoms with Gasteiger partial charge < -0.3 is 0 Å². The van der Waals surface area contributed by atoms with Crippen LogP contribution in [0.5, 0.6) is 0 Å². The zero-order valence-corrected chi connectivity index (χ0v) is 34.8. The molecule has 0 spiro atoms. The molecule has 10 bridgehead atoms. The lowest BCUT2D eigenvalue weighted by molar-refractivity contribution is 0.231. The Bertz CT molecular complexity index is 1180. The van der Waals surface area contributed by atoms with Crippen molar-refractivity contribution in [1.29, 1.82) is 0 Å². The van der Waals surface area contributed by atoms with E-state index in [1.54, 1.807) is 0 Å². The highest BCUT2D eigenvalue weighted by Gasteiger charge is 2.38. The van der Waals surface area contributed by atoms with Gasteiger partial charge in [0.25, 0.3) is 0 Å². The standard InChI is InChI=1S/C37H64O6S6/c1-2-44(38)18-29-7-30-9-31(8-29)22-48(42)24-35-11-33-13-37(15-35)26-49(43)25-36-12-32(10-34(14-36)23-47(41)21-30)19-45(39)16-27-4-3-5-28(6-27)17-46(40)20-33/h27-37H,2-26H2,1H3/t27-,28?,29?,30+,31?,32-,33+,34+,35-,36?,37?,44?,45?,46?,47?,48?,49?/m0/s1. The average molecular weight is 797 g/mol. The fraction of sp³-hybridized carbons (Fsp3) is 1.00. The summed E-state index contributed by atoms with van der Waals surface area (Å²) in [6.07, 6.45) is 13.3. The number of hydrogen-bond acceptors (Lipinski definition) is 6. The van der Waals surface area contributed by atoms with Crippen molar-refractivity contribution >= 4 is 64.8 Å². The fourth-order valence-electron chi connectivity index (χ4n) is 11.4. The lowest BCUT2D eigenvalue weighted by Gasteiger charge is -2.38. The molecular formula is C37H64O6S6. The molecule has 6 fully saturated rings. The van der Waals surface area contributed by atoms with E-state index in [1.165, 1.54) is 0 Å². The van der Waals surface area contributed by atoms with Crippen molar-refractivity contribution < 1.29 is 25.3 Å². The van der Waals surface area contributed by atoms with Crippen LogP contribution in [-0.2, 0) is 64.8 Å². The van der Waals surface area contributed by atoms with Crippen LogP contribution < -0.4 is 0 Å². The molecule has 17 atom stereocenters. The molecule has 6 nitrogen and oxygen atoms in total. The summed E-state index contributed by atoms with van der Waals surface area (Å²) < 4.78 is 81.6. The van der Waals surface area contributed by atoms with E-state index in [0.717, 1.165) is 95.0 Å². The quantitative estimate of drug-likeness (QED) is 0.378. The third kappa shape index (κ3) is 12.5. The van der Waals surface area contributed by atoms with Crippen LogP contribution in [0.4, 0.5) is 0 Å². The van der Waals surface area contributed by atoms with Crippen LogP contribution in [0, 0.1) is 65.1 Å². The van der Waals surface area contributed by atoms with Gasteiger partial charge in [-0.1, -0.05) is 13.3 Å². The van der Waals surface area contributed by atoms with Crippen LogP contribution in [-0.4, -0.2) is 94.3 Å². The van der Waals surface area contributed by atoms with E-state index >= 15 is 0 Å². The van der Waals surface area contributed by atoms with Crippen molar-refractivity contribution in [2.24, 2.45) is 65.1 Å². The number of hydrogen-bond donors (Lipinski definition) is 0. The Hall–Kier alpha value is 0.900. The molecule has 284 valence electrons. The minimum Gasteiger partial charge on any atom is -0.260 e. The third-order valence-corrected chi connectivity index (χ3v) is 22.8. The van der Waals surface area contributed by atoms with Crippen molar-refractivity contribution in [2.45, 2.75) is 90.4 Å². The minimum absolute atomic E-state index is 0.313. The first-order valence-electron chi connectivity index (χ1n) is 19.6. The molecule has 4 aliphatic carbocycles. The summed E-state index contributed by atoms with van der Waals surface area (Å²) >= 11 is 0. The highest BCUT2D eigenvalue weighted by Crippen LogP contribution is 2.41. The van der Waals surface area contributed by atoms with Crippen molar-refractivity contribution in [2.75, 3.05) is 69.0 Å². The molecule has 0 aromatic carbocycles. The molecule has 2 heterocycles. The molecule has 49 heavy (non-hydrogen) atoms. The second-order valence-corrected chi connectivity index (χ2v) is 27.1. The first-order valence-corrected chi connectivity index (χ1v) is 28.6. The Labute approximate surface area is 312 Å². The number of rotatable bonds is 3. The summed E-state index contributed by atoms with van der Waals surface area (Å²) in [7, 11) is -5.52. The molecule has 0 aromatic rings. The van der Waals surface area contributed by atoms with Crippen molar-refractivity contribution in [3.8, 4) is 0 Å². The van der Waals surface area contributed by atoms with Crippen LogP contribution in [0.2, 0.25) is 0 Å². The average Bonchev–Trinajstić information content (AvgIpc) is 2.99. The van der Waals surface area contributed by atoms with Gasteiger partial charge in [-0.25, -0.2) is 0 Å². The second-order valence-electron chi connectivity index (χ2n) is 17.6. The lowest BCUT2D eigenvalue weighted by atomic mass is 9.77. The molecule has 0 N–H and O–H groups in total. The van der Waals surface area contributed by atoms with Gasteiger partial charge in [0, 0.05) is 134 Å². The highest BCUT2D eigenvalue weighted by atomic mass is 32.2. The molecule has 0 radical (unpaired) electrons. The Kier molecular flexibility index (Phi) is 15.3. The van der Waals surface area contributed by atoms with Gasteiger partial charge in [0.1, 0.15) is 0 Å². The lowest BCUT2D eigenvalue weighted by Crippen LogP contribution is -2.37. The van der Waals surface area contributed by atoms with E-state index < -0.39 is 64.8 Å². The van der Waals surface area contributed by atoms with Gasteiger partial charge in [-0.2, -0.15) is 0 Å². The van der Waals surface area contributed by atoms with E-state index in [-0.39, 0.29) is 0 Å². The molecule has 11 unspecified atom stereocenters. The first kappa shape index (κ1) is 39.6. The van der Waals surface area contributed by atoms with Gasteiger partial charge in [0.15, 0.2) is 0 Å². The van der Waals surface area contributed by atoms with E-state index in [9.17, 15) is 25.3 Å². The van der Waals surface area contributed by atoms with E-state index in [1.807, 2.05) is 6.92 Å². The summed E-state index contributed by atoms with van der Waals surface area (Å²) in [4.78, 5) is 0. The number of fused-ring (bicyclic) bond motifs is 10. The zero-order valence-electron chi connectivity index (χ0n) is 29.9. The summed E-state index contributed by atoms with van der Waals surface area (Å²) in [5, 5.41) is 0. The summed E-state index contributed by atoms with van der Waals surface area (Å²) in [6.45, 7) is 1.99. The van der Waals surface area contributed by atoms with Crippen LogP contribution >= 0.6 is 0 Å². The summed E-state index contributed by atoms with van der Waals surface area (Å²) in [6, 6.07) is 0. The van der Waals surface area contributed by atoms with Crippen molar-refractivity contribution in [3.05, 3.63) is 0 Å². The van der Waals surface area contributed by atoms with Crippen LogP contribution in [0.25, 0.3) is 0 Å². The van der Waals surface area contributed by atoms with E-state index in [2.05, 4.69) is 0 Å². The maximum Gasteiger partial charge on any atom is 0.0263 e. The normalized spacial score (nSPS) is 48.4. The molecule has 6 rings (SSSR count). The highest BCUT2D eigenvalue weighted by molar-refractivity contribution is 7.86. The molecule has 4 saturated carbocycles. The van der Waals surface area contributed by atoms with Crippen LogP contribution in [0.1, 0.15) is 90.4 Å². The summed E-state index contributed by atoms with van der Waals surface area (Å²) in [5.74, 6) is 12.2. The second kappa shape index (κ2) is 19.0. The largest absolute Gasteiger partial charge is 0.260 e. The van der Waals surface area contributed by atoms with Gasteiger partial charge >= 0.3 is 0 Å². The third-order valence-electron chi connectivity index (χ3n) is 12.9. The van der Waals surface area contributed by atoms with Crippen LogP contribution in [0.15, 0.2) is 0 Å². The van der Waals surface area contributed by atoms with Crippen LogP contribution in [0.3, 0.4) is 0 Å². The maximum absolute atomic E-state index is 13.9. The monoisotopic (exact) mass is 796 g/mol. The molecule has 2 saturated heterocycles. The van der Waals surface area contributed by atoms with E-state index in [4.69, 9.17) is 0 Å². The molecule has 2 aliphatic heterocycles. The zero-order chi connectivity index (χ0) is 34.5. The predicted octanol–water partition coefficient (Wildman–Crippen LogP) is 5.43. The molecule has 0 aromatic heterocycles. The molecule has 0 amide bonds. The van der Waals surface area contributed by atoms with Gasteiger partial charge in [0.05, 0.1) is 0 Å². The Morgan fingerprint density at radius 3 is 0.939 bits per heavy atom. The fourth-order valence-corrected chi connectivity index (χ4v) is 21.1. The molecular weight excluding hydrogens is 733 g/mol. The van der Waals surface area contributed by atoms with Gasteiger partial charge in [-0.3, -0.25) is 25.3 Å². The van der Waals surface area contributed by atoms with Crippen molar-refractivity contribution in [3.63, 3.8) is 0 Å². The van der Waals surface area contributed by atoms with Gasteiger partial charge in [-0.15, -0.1) is 0 Å². The Balaban J connectivity index is 1.27. The van der Waals surface area contributed by atoms with Gasteiger partial charge in [-0.05, 0) is 142 Å². The molecule has 12 heteroatoms. The SMILES string of the molecule is CCS(=O)CC1CC2C[C@@H](C1)CS(=O)C[C@H]1CC3C[C@H](C1)CS(=O)C[C@H]1CCCC(C1)CS(=O)C[C@H]1CC(C[C@H](C1)CS(=O)C2)CS(=O)C3. The topological polar surface area (TPSA) is 102 Å².